The average molecular weight is 217 g/mol. The first-order valence-electron chi connectivity index (χ1n) is 5.52. The first-order valence-corrected chi connectivity index (χ1v) is 6.06. The van der Waals surface area contributed by atoms with Crippen molar-refractivity contribution >= 4 is 11.6 Å². The Balaban J connectivity index is 2.14. The number of rotatable bonds is 5. The van der Waals surface area contributed by atoms with E-state index in [1.807, 2.05) is 0 Å². The van der Waals surface area contributed by atoms with E-state index >= 15 is 0 Å². The maximum atomic E-state index is 5.71. The van der Waals surface area contributed by atoms with Gasteiger partial charge in [0.15, 0.2) is 0 Å². The van der Waals surface area contributed by atoms with Crippen molar-refractivity contribution in [2.45, 2.75) is 26.7 Å². The van der Waals surface area contributed by atoms with Crippen LogP contribution in [0.25, 0.3) is 0 Å². The van der Waals surface area contributed by atoms with Gasteiger partial charge in [-0.05, 0) is 30.6 Å². The van der Waals surface area contributed by atoms with E-state index in [1.165, 1.54) is 12.8 Å². The zero-order valence-electron chi connectivity index (χ0n) is 9.21. The fourth-order valence-electron chi connectivity index (χ4n) is 1.70. The van der Waals surface area contributed by atoms with Crippen LogP contribution in [0.2, 0.25) is 0 Å². The summed E-state index contributed by atoms with van der Waals surface area (Å²) in [4.78, 5) is 0. The lowest BCUT2D eigenvalue weighted by molar-refractivity contribution is 0.0630. The second kappa shape index (κ2) is 6.47. The SMILES string of the molecule is CC(CCl)COCC1CC=CCC1C. The average Bonchev–Trinajstić information content (AvgIpc) is 2.20. The largest absolute Gasteiger partial charge is 0.381 e. The van der Waals surface area contributed by atoms with Crippen LogP contribution in [0.15, 0.2) is 12.2 Å². The molecule has 3 atom stereocenters. The highest BCUT2D eigenvalue weighted by molar-refractivity contribution is 6.18. The minimum Gasteiger partial charge on any atom is -0.381 e. The van der Waals surface area contributed by atoms with E-state index < -0.39 is 0 Å². The number of alkyl halides is 1. The summed E-state index contributed by atoms with van der Waals surface area (Å²) >= 11 is 5.71. The smallest absolute Gasteiger partial charge is 0.0503 e. The molecule has 82 valence electrons. The Kier molecular flexibility index (Phi) is 5.57. The Labute approximate surface area is 92.5 Å². The van der Waals surface area contributed by atoms with Gasteiger partial charge in [-0.3, -0.25) is 0 Å². The molecule has 0 spiro atoms. The van der Waals surface area contributed by atoms with Gasteiger partial charge in [-0.15, -0.1) is 11.6 Å². The first-order chi connectivity index (χ1) is 6.74. The summed E-state index contributed by atoms with van der Waals surface area (Å²) in [6, 6.07) is 0. The fourth-order valence-corrected chi connectivity index (χ4v) is 1.79. The van der Waals surface area contributed by atoms with Gasteiger partial charge in [-0.25, -0.2) is 0 Å². The van der Waals surface area contributed by atoms with Crippen molar-refractivity contribution in [2.75, 3.05) is 19.1 Å². The number of hydrogen-bond donors (Lipinski definition) is 0. The third kappa shape index (κ3) is 4.02. The van der Waals surface area contributed by atoms with Gasteiger partial charge in [0.2, 0.25) is 0 Å². The number of ether oxygens (including phenoxy) is 1. The number of allylic oxidation sites excluding steroid dienone is 2. The van der Waals surface area contributed by atoms with Crippen molar-refractivity contribution in [2.24, 2.45) is 17.8 Å². The molecule has 1 aliphatic carbocycles. The zero-order valence-corrected chi connectivity index (χ0v) is 9.96. The monoisotopic (exact) mass is 216 g/mol. The summed E-state index contributed by atoms with van der Waals surface area (Å²) in [5.41, 5.74) is 0. The summed E-state index contributed by atoms with van der Waals surface area (Å²) in [7, 11) is 0. The summed E-state index contributed by atoms with van der Waals surface area (Å²) in [6.07, 6.45) is 6.94. The molecule has 0 aliphatic heterocycles. The van der Waals surface area contributed by atoms with Crippen LogP contribution in [-0.2, 0) is 4.74 Å². The summed E-state index contributed by atoms with van der Waals surface area (Å²) in [5, 5.41) is 0. The molecule has 0 N–H and O–H groups in total. The van der Waals surface area contributed by atoms with Crippen molar-refractivity contribution in [3.63, 3.8) is 0 Å². The predicted molar refractivity (Wildman–Crippen MR) is 61.7 cm³/mol. The van der Waals surface area contributed by atoms with E-state index in [0.29, 0.717) is 17.7 Å². The van der Waals surface area contributed by atoms with Gasteiger partial charge in [0, 0.05) is 12.5 Å². The van der Waals surface area contributed by atoms with Gasteiger partial charge < -0.3 is 4.74 Å². The molecule has 0 amide bonds. The second-order valence-corrected chi connectivity index (χ2v) is 4.79. The maximum absolute atomic E-state index is 5.71. The lowest BCUT2D eigenvalue weighted by atomic mass is 9.85. The minimum absolute atomic E-state index is 0.478. The van der Waals surface area contributed by atoms with Gasteiger partial charge in [0.1, 0.15) is 0 Å². The molecular weight excluding hydrogens is 196 g/mol. The Bertz CT molecular complexity index is 179. The van der Waals surface area contributed by atoms with E-state index in [4.69, 9.17) is 16.3 Å². The normalized spacial score (nSPS) is 29.1. The molecule has 0 heterocycles. The molecule has 0 aromatic rings. The summed E-state index contributed by atoms with van der Waals surface area (Å²) < 4.78 is 5.68. The van der Waals surface area contributed by atoms with Crippen LogP contribution >= 0.6 is 11.6 Å². The predicted octanol–water partition coefficient (Wildman–Crippen LogP) is 3.48. The van der Waals surface area contributed by atoms with Gasteiger partial charge in [-0.1, -0.05) is 26.0 Å². The fraction of sp³-hybridized carbons (Fsp3) is 0.833. The lowest BCUT2D eigenvalue weighted by Gasteiger charge is -2.25. The van der Waals surface area contributed by atoms with Gasteiger partial charge >= 0.3 is 0 Å². The molecule has 1 nitrogen and oxygen atoms in total. The third-order valence-corrected chi connectivity index (χ3v) is 3.44. The summed E-state index contributed by atoms with van der Waals surface area (Å²) in [5.74, 6) is 2.65. The molecule has 2 heteroatoms. The zero-order chi connectivity index (χ0) is 10.4. The van der Waals surface area contributed by atoms with Crippen molar-refractivity contribution in [3.05, 3.63) is 12.2 Å². The Morgan fingerprint density at radius 2 is 2.14 bits per heavy atom. The molecule has 0 saturated carbocycles. The standard InChI is InChI=1S/C12H21ClO/c1-10(7-13)8-14-9-12-6-4-3-5-11(12)2/h3-4,10-12H,5-9H2,1-2H3. The number of halogens is 1. The van der Waals surface area contributed by atoms with E-state index in [0.717, 1.165) is 19.1 Å². The highest BCUT2D eigenvalue weighted by atomic mass is 35.5. The molecule has 0 saturated heterocycles. The molecule has 0 bridgehead atoms. The molecule has 3 unspecified atom stereocenters. The van der Waals surface area contributed by atoms with Crippen molar-refractivity contribution in [1.82, 2.24) is 0 Å². The second-order valence-electron chi connectivity index (χ2n) is 4.48. The molecule has 0 aromatic carbocycles. The van der Waals surface area contributed by atoms with Crippen molar-refractivity contribution in [3.8, 4) is 0 Å². The van der Waals surface area contributed by atoms with Crippen LogP contribution in [0.4, 0.5) is 0 Å². The molecule has 1 rings (SSSR count). The molecule has 1 aliphatic rings. The molecule has 14 heavy (non-hydrogen) atoms. The van der Waals surface area contributed by atoms with E-state index in [2.05, 4.69) is 26.0 Å². The maximum Gasteiger partial charge on any atom is 0.0503 e. The van der Waals surface area contributed by atoms with Crippen LogP contribution in [0.3, 0.4) is 0 Å². The first kappa shape index (κ1) is 12.1. The van der Waals surface area contributed by atoms with Crippen LogP contribution < -0.4 is 0 Å². The minimum atomic E-state index is 0.478. The third-order valence-electron chi connectivity index (χ3n) is 2.92. The Morgan fingerprint density at radius 1 is 1.43 bits per heavy atom. The van der Waals surface area contributed by atoms with Gasteiger partial charge in [-0.2, -0.15) is 0 Å². The van der Waals surface area contributed by atoms with Crippen molar-refractivity contribution in [1.29, 1.82) is 0 Å². The van der Waals surface area contributed by atoms with E-state index in [1.54, 1.807) is 0 Å². The van der Waals surface area contributed by atoms with Gasteiger partial charge in [0.25, 0.3) is 0 Å². The van der Waals surface area contributed by atoms with Crippen LogP contribution in [0, 0.1) is 17.8 Å². The van der Waals surface area contributed by atoms with Crippen LogP contribution in [0.1, 0.15) is 26.7 Å². The quantitative estimate of drug-likeness (QED) is 0.505. The van der Waals surface area contributed by atoms with Crippen LogP contribution in [-0.4, -0.2) is 19.1 Å². The number of hydrogen-bond acceptors (Lipinski definition) is 1. The van der Waals surface area contributed by atoms with Gasteiger partial charge in [0.05, 0.1) is 6.61 Å². The molecular formula is C12H21ClO. The molecule has 0 radical (unpaired) electrons. The highest BCUT2D eigenvalue weighted by Crippen LogP contribution is 2.25. The van der Waals surface area contributed by atoms with E-state index in [-0.39, 0.29) is 0 Å². The topological polar surface area (TPSA) is 9.23 Å². The summed E-state index contributed by atoms with van der Waals surface area (Å²) in [6.45, 7) is 6.13. The van der Waals surface area contributed by atoms with Crippen LogP contribution in [0.5, 0.6) is 0 Å². The van der Waals surface area contributed by atoms with E-state index in [9.17, 15) is 0 Å². The highest BCUT2D eigenvalue weighted by Gasteiger charge is 2.18. The molecule has 0 fully saturated rings. The lowest BCUT2D eigenvalue weighted by Crippen LogP contribution is -2.21. The Morgan fingerprint density at radius 3 is 2.79 bits per heavy atom. The Hall–Kier alpha value is -0.0100. The molecule has 0 aromatic heterocycles. The van der Waals surface area contributed by atoms with Crippen molar-refractivity contribution < 1.29 is 4.74 Å².